The van der Waals surface area contributed by atoms with Gasteiger partial charge in [-0.2, -0.15) is 0 Å². The average Bonchev–Trinajstić information content (AvgIpc) is 2.20. The molecule has 3 fully saturated rings. The third-order valence-corrected chi connectivity index (χ3v) is 14.1. The van der Waals surface area contributed by atoms with Gasteiger partial charge in [-0.1, -0.05) is 12.8 Å². The number of hydrogen-bond donors (Lipinski definition) is 9. The Morgan fingerprint density at radius 3 is 1.23 bits per heavy atom. The number of fused-ring (bicyclic) bond motifs is 5. The average molecular weight is 1240 g/mol. The van der Waals surface area contributed by atoms with Gasteiger partial charge >= 0.3 is 7.12 Å². The molecule has 4 aliphatic heterocycles. The normalized spacial score (nSPS) is 16.0. The molecule has 0 spiro atoms. The molecule has 4 amide bonds. The Labute approximate surface area is 510 Å². The van der Waals surface area contributed by atoms with Crippen LogP contribution in [0.25, 0.3) is 0 Å². The van der Waals surface area contributed by atoms with Gasteiger partial charge in [0.2, 0.25) is 0 Å². The third kappa shape index (κ3) is 21.5. The number of ketones is 1. The van der Waals surface area contributed by atoms with Crippen molar-refractivity contribution in [1.29, 1.82) is 0 Å². The summed E-state index contributed by atoms with van der Waals surface area (Å²) in [5, 5.41) is 64.4. The minimum absolute atomic E-state index is 0. The predicted molar refractivity (Wildman–Crippen MR) is 312 cm³/mol. The van der Waals surface area contributed by atoms with E-state index in [1.807, 2.05) is 34.1 Å². The number of phenolic OH excluding ortho intramolecular Hbond substituents is 3. The number of nitrogens with zero attached hydrogens (tertiary/aromatic N) is 2. The Bertz CT molecular complexity index is 3150. The monoisotopic (exact) mass is 1240 g/mol. The number of aryl methyl sites for hydroxylation is 1. The van der Waals surface area contributed by atoms with Gasteiger partial charge < -0.3 is 75.0 Å². The number of rotatable bonds is 9. The second-order valence-corrected chi connectivity index (χ2v) is 20.9. The number of carboxylic acids is 2. The Morgan fingerprint density at radius 2 is 0.849 bits per heavy atom. The molecule has 24 heteroatoms. The molecule has 0 atom stereocenters. The molecule has 8 aliphatic rings. The summed E-state index contributed by atoms with van der Waals surface area (Å²) in [5.74, 6) is 1.24. The Hall–Kier alpha value is -7.99. The molecular formula is C62H75BCuN4O18. The number of phenols is 3. The number of aromatic hydroxyl groups is 3. The van der Waals surface area contributed by atoms with E-state index in [4.69, 9.17) is 59.0 Å². The quantitative estimate of drug-likeness (QED) is 0.0574. The molecule has 13 rings (SSSR count). The van der Waals surface area contributed by atoms with Crippen molar-refractivity contribution in [3.63, 3.8) is 0 Å². The maximum Gasteiger partial charge on any atom is 0.454 e. The van der Waals surface area contributed by atoms with Crippen molar-refractivity contribution < 1.29 is 105 Å². The Kier molecular flexibility index (Phi) is 26.9. The smallest absolute Gasteiger partial charge is 0.454 e. The van der Waals surface area contributed by atoms with Crippen molar-refractivity contribution in [3.8, 4) is 28.7 Å². The molecular weight excluding hydrogens is 1160 g/mol. The molecule has 86 heavy (non-hydrogen) atoms. The number of carbonyl (C=O) groups excluding carboxylic acids is 5. The first-order valence-corrected chi connectivity index (χ1v) is 28.1. The molecule has 22 nitrogen and oxygen atoms in total. The molecule has 5 aromatic carbocycles. The van der Waals surface area contributed by atoms with Crippen LogP contribution in [-0.4, -0.2) is 160 Å². The first-order chi connectivity index (χ1) is 40.7. The number of carbonyl (C=O) groups is 7. The summed E-state index contributed by atoms with van der Waals surface area (Å²) in [6.45, 7) is 5.63. The fourth-order valence-electron chi connectivity index (χ4n) is 9.53. The second-order valence-electron chi connectivity index (χ2n) is 20.9. The van der Waals surface area contributed by atoms with Crippen LogP contribution in [0.4, 0.5) is 0 Å². The van der Waals surface area contributed by atoms with Gasteiger partial charge in [-0.3, -0.25) is 33.6 Å². The van der Waals surface area contributed by atoms with Crippen LogP contribution in [0, 0.1) is 0 Å². The van der Waals surface area contributed by atoms with E-state index in [-0.39, 0.29) is 83.1 Å². The molecule has 1 radical (unpaired) electrons. The van der Waals surface area contributed by atoms with E-state index in [2.05, 4.69) is 10.6 Å². The summed E-state index contributed by atoms with van der Waals surface area (Å²) >= 11 is 0. The van der Waals surface area contributed by atoms with Crippen molar-refractivity contribution in [2.75, 3.05) is 54.0 Å². The molecule has 3 saturated carbocycles. The van der Waals surface area contributed by atoms with Gasteiger partial charge in [0.1, 0.15) is 28.7 Å². The van der Waals surface area contributed by atoms with Crippen LogP contribution < -0.4 is 20.1 Å². The Balaban J connectivity index is 0.000000186. The van der Waals surface area contributed by atoms with E-state index in [0.717, 1.165) is 159 Å². The van der Waals surface area contributed by atoms with Crippen molar-refractivity contribution in [1.82, 2.24) is 20.4 Å². The zero-order valence-electron chi connectivity index (χ0n) is 48.5. The predicted octanol–water partition coefficient (Wildman–Crippen LogP) is 6.34. The van der Waals surface area contributed by atoms with Gasteiger partial charge in [-0.05, 0) is 182 Å². The topological polar surface area (TPSA) is 329 Å². The number of hydrogen-bond acceptors (Lipinski definition) is 16. The van der Waals surface area contributed by atoms with Gasteiger partial charge in [0.05, 0.1) is 0 Å². The first kappa shape index (κ1) is 68.8. The SMILES string of the molecule is CC(=O)O.CC(=O)O.COCOc1ccc2c(c1)CCN(C1CC1)C2=O.COCOc1ccc2c(c1)CCNC2=O.O=C1CCc2cc(O)ccc21.O=C1NCCc2cc(O)ccc21.O=C1c2ccc(O)cc2CCN1C1CC1.OB(O)C1CC1.[Cu]. The van der Waals surface area contributed by atoms with Gasteiger partial charge in [0, 0.05) is 118 Å². The van der Waals surface area contributed by atoms with E-state index in [1.54, 1.807) is 74.9 Å². The van der Waals surface area contributed by atoms with Crippen LogP contribution in [-0.2, 0) is 68.2 Å². The van der Waals surface area contributed by atoms with Crippen molar-refractivity contribution >= 4 is 48.5 Å². The summed E-state index contributed by atoms with van der Waals surface area (Å²) < 4.78 is 20.4. The molecule has 0 aromatic heterocycles. The zero-order chi connectivity index (χ0) is 61.7. The van der Waals surface area contributed by atoms with E-state index in [9.17, 15) is 29.1 Å². The van der Waals surface area contributed by atoms with Crippen LogP contribution in [0.15, 0.2) is 91.0 Å². The molecule has 0 bridgehead atoms. The number of aliphatic carboxylic acids is 2. The number of benzene rings is 5. The van der Waals surface area contributed by atoms with E-state index >= 15 is 0 Å². The van der Waals surface area contributed by atoms with Crippen LogP contribution in [0.2, 0.25) is 5.82 Å². The number of methoxy groups -OCH3 is 2. The van der Waals surface area contributed by atoms with E-state index in [0.29, 0.717) is 37.2 Å². The number of Topliss-reactive ketones (excluding diaryl/α,β-unsaturated/α-hetero) is 1. The third-order valence-electron chi connectivity index (χ3n) is 14.1. The summed E-state index contributed by atoms with van der Waals surface area (Å²) in [6.07, 6.45) is 11.4. The summed E-state index contributed by atoms with van der Waals surface area (Å²) in [4.78, 5) is 80.1. The molecule has 0 unspecified atom stereocenters. The van der Waals surface area contributed by atoms with Crippen molar-refractivity contribution in [3.05, 3.63) is 147 Å². The number of carboxylic acid groups (broad SMARTS) is 2. The van der Waals surface area contributed by atoms with Crippen LogP contribution in [0.1, 0.15) is 138 Å². The minimum Gasteiger partial charge on any atom is -0.508 e. The van der Waals surface area contributed by atoms with Crippen molar-refractivity contribution in [2.24, 2.45) is 0 Å². The van der Waals surface area contributed by atoms with Gasteiger partial charge in [-0.15, -0.1) is 0 Å². The molecule has 0 saturated heterocycles. The number of nitrogens with one attached hydrogen (secondary N) is 2. The number of amides is 4. The molecule has 5 aromatic rings. The molecule has 9 N–H and O–H groups in total. The standard InChI is InChI=1S/C14H17NO3.C12H13NO2.C11H13NO3.C9H9NO2.C9H8O2.C3H7BO2.2C2H4O2.Cu/c1-17-9-18-12-4-5-13-10(8-12)6-7-15(14(13)16)11-2-3-11;14-10-3-4-11-8(7-10)5-6-13(12(11)15)9-1-2-9;1-14-7-15-9-2-3-10-8(6-9)4-5-12-11(10)13;11-7-1-2-8-6(5-7)3-4-10-9(8)12;10-7-2-3-8-6(5-7)1-4-9(8)11;5-4(6)3-1-2-3;2*1-2(3)4;/h4-5,8,11H,2-3,6-7,9H2,1H3;3-4,7,9,14H,1-2,5-6H2;2-3,6H,4-5,7H2,1H3,(H,12,13);1-2,5,11H,3-4H2,(H,10,12);2-3,5,10H,1,4H2;3,5-6H,1-2H2;2*1H3,(H,3,4);. The maximum atomic E-state index is 12.3. The van der Waals surface area contributed by atoms with Gasteiger partial charge in [-0.25, -0.2) is 0 Å². The van der Waals surface area contributed by atoms with Crippen LogP contribution >= 0.6 is 0 Å². The molecule has 465 valence electrons. The second kappa shape index (κ2) is 33.6. The molecule has 4 heterocycles. The largest absolute Gasteiger partial charge is 0.508 e. The first-order valence-electron chi connectivity index (χ1n) is 28.1. The van der Waals surface area contributed by atoms with Crippen LogP contribution in [0.5, 0.6) is 28.7 Å². The number of ether oxygens (including phenoxy) is 4. The zero-order valence-corrected chi connectivity index (χ0v) is 49.5. The summed E-state index contributed by atoms with van der Waals surface area (Å²) in [5.41, 5.74) is 8.82. The van der Waals surface area contributed by atoms with Crippen LogP contribution in [0.3, 0.4) is 0 Å². The fraction of sp³-hybridized carbons (Fsp3) is 0.403. The van der Waals surface area contributed by atoms with E-state index < -0.39 is 19.1 Å². The fourth-order valence-corrected chi connectivity index (χ4v) is 9.53. The minimum atomic E-state index is -1.04. The van der Waals surface area contributed by atoms with E-state index in [1.165, 1.54) is 6.07 Å². The molecule has 4 aliphatic carbocycles. The maximum absolute atomic E-state index is 12.3. The summed E-state index contributed by atoms with van der Waals surface area (Å²) in [7, 11) is 2.13. The van der Waals surface area contributed by atoms with Crippen molar-refractivity contribution in [2.45, 2.75) is 109 Å². The van der Waals surface area contributed by atoms with Gasteiger partial charge in [0.25, 0.3) is 35.6 Å². The Morgan fingerprint density at radius 1 is 0.500 bits per heavy atom. The summed E-state index contributed by atoms with van der Waals surface area (Å²) in [6, 6.07) is 26.9. The van der Waals surface area contributed by atoms with Gasteiger partial charge in [0.15, 0.2) is 19.4 Å².